The maximum absolute atomic E-state index is 12.6. The molecule has 0 saturated heterocycles. The lowest BCUT2D eigenvalue weighted by molar-refractivity contribution is -0.147. The van der Waals surface area contributed by atoms with E-state index in [-0.39, 0.29) is 6.61 Å². The van der Waals surface area contributed by atoms with Crippen LogP contribution in [-0.4, -0.2) is 30.3 Å². The lowest BCUT2D eigenvalue weighted by Crippen LogP contribution is -2.44. The van der Waals surface area contributed by atoms with E-state index >= 15 is 0 Å². The first kappa shape index (κ1) is 23.7. The maximum atomic E-state index is 12.6. The number of benzene rings is 2. The summed E-state index contributed by atoms with van der Waals surface area (Å²) >= 11 is 0. The van der Waals surface area contributed by atoms with E-state index in [9.17, 15) is 9.59 Å². The largest absolute Gasteiger partial charge is 0.494 e. The topological polar surface area (TPSA) is 97.6 Å². The van der Waals surface area contributed by atoms with Crippen LogP contribution in [0.2, 0.25) is 0 Å². The number of nitriles is 1. The van der Waals surface area contributed by atoms with Crippen LogP contribution >= 0.6 is 0 Å². The number of esters is 1. The van der Waals surface area contributed by atoms with Gasteiger partial charge >= 0.3 is 12.1 Å². The first-order valence-electron chi connectivity index (χ1n) is 10.1. The van der Waals surface area contributed by atoms with Crippen molar-refractivity contribution in [2.45, 2.75) is 51.9 Å². The number of hydrogen-bond acceptors (Lipinski definition) is 6. The van der Waals surface area contributed by atoms with E-state index in [0.717, 1.165) is 5.56 Å². The summed E-state index contributed by atoms with van der Waals surface area (Å²) in [5.41, 5.74) is 0.677. The molecule has 2 aromatic rings. The van der Waals surface area contributed by atoms with Gasteiger partial charge < -0.3 is 19.5 Å². The minimum Gasteiger partial charge on any atom is -0.494 e. The molecule has 7 heteroatoms. The summed E-state index contributed by atoms with van der Waals surface area (Å²) < 4.78 is 16.3. The number of nitrogens with one attached hydrogen (secondary N) is 1. The number of amides is 1. The normalized spacial score (nSPS) is 11.7. The Hall–Kier alpha value is -3.53. The number of hydrogen-bond donors (Lipinski definition) is 1. The van der Waals surface area contributed by atoms with E-state index in [1.165, 1.54) is 0 Å². The summed E-state index contributed by atoms with van der Waals surface area (Å²) in [6, 6.07) is 17.3. The maximum Gasteiger partial charge on any atom is 0.408 e. The molecule has 0 aliphatic rings. The zero-order chi connectivity index (χ0) is 22.7. The van der Waals surface area contributed by atoms with Crippen LogP contribution in [0, 0.1) is 11.3 Å². The van der Waals surface area contributed by atoms with Crippen molar-refractivity contribution < 1.29 is 23.8 Å². The number of rotatable bonds is 9. The Morgan fingerprint density at radius 1 is 1.10 bits per heavy atom. The van der Waals surface area contributed by atoms with E-state index < -0.39 is 23.7 Å². The Bertz CT molecular complexity index is 900. The van der Waals surface area contributed by atoms with Gasteiger partial charge in [-0.1, -0.05) is 36.4 Å². The van der Waals surface area contributed by atoms with Gasteiger partial charge in [-0.25, -0.2) is 9.59 Å². The Labute approximate surface area is 182 Å². The molecule has 2 rings (SSSR count). The van der Waals surface area contributed by atoms with Crippen molar-refractivity contribution in [3.63, 3.8) is 0 Å². The summed E-state index contributed by atoms with van der Waals surface area (Å²) in [4.78, 5) is 24.8. The highest BCUT2D eigenvalue weighted by Crippen LogP contribution is 2.14. The Kier molecular flexibility index (Phi) is 8.89. The Morgan fingerprint density at radius 2 is 1.84 bits per heavy atom. The summed E-state index contributed by atoms with van der Waals surface area (Å²) in [5, 5.41) is 11.5. The average molecular weight is 424 g/mol. The quantitative estimate of drug-likeness (QED) is 0.475. The van der Waals surface area contributed by atoms with Crippen LogP contribution < -0.4 is 10.1 Å². The van der Waals surface area contributed by atoms with Crippen molar-refractivity contribution in [3.05, 3.63) is 65.7 Å². The molecule has 0 saturated carbocycles. The highest BCUT2D eigenvalue weighted by atomic mass is 16.6. The smallest absolute Gasteiger partial charge is 0.408 e. The number of alkyl carbamates (subject to hydrolysis) is 1. The molecule has 0 spiro atoms. The van der Waals surface area contributed by atoms with E-state index in [4.69, 9.17) is 19.5 Å². The van der Waals surface area contributed by atoms with Crippen LogP contribution in [0.4, 0.5) is 4.79 Å². The van der Waals surface area contributed by atoms with Gasteiger partial charge in [-0.2, -0.15) is 5.26 Å². The third kappa shape index (κ3) is 9.22. The van der Waals surface area contributed by atoms with Gasteiger partial charge in [-0.05, 0) is 57.4 Å². The number of carbonyl (C=O) groups is 2. The number of ether oxygens (including phenoxy) is 3. The van der Waals surface area contributed by atoms with E-state index in [1.807, 2.05) is 30.3 Å². The van der Waals surface area contributed by atoms with Gasteiger partial charge in [0.15, 0.2) is 0 Å². The molecule has 2 aromatic carbocycles. The second kappa shape index (κ2) is 11.6. The van der Waals surface area contributed by atoms with Crippen LogP contribution in [-0.2, 0) is 20.9 Å². The van der Waals surface area contributed by atoms with E-state index in [0.29, 0.717) is 30.8 Å². The minimum atomic E-state index is -0.868. The fourth-order valence-corrected chi connectivity index (χ4v) is 2.66. The molecule has 1 amide bonds. The monoisotopic (exact) mass is 424 g/mol. The van der Waals surface area contributed by atoms with Gasteiger partial charge in [0, 0.05) is 0 Å². The van der Waals surface area contributed by atoms with Crippen molar-refractivity contribution >= 4 is 12.1 Å². The molecule has 31 heavy (non-hydrogen) atoms. The average Bonchev–Trinajstić information content (AvgIpc) is 2.73. The molecule has 0 radical (unpaired) electrons. The third-order valence-electron chi connectivity index (χ3n) is 4.07. The highest BCUT2D eigenvalue weighted by Gasteiger charge is 2.25. The van der Waals surface area contributed by atoms with Crippen LogP contribution in [0.15, 0.2) is 54.6 Å². The molecule has 0 fully saturated rings. The van der Waals surface area contributed by atoms with Crippen LogP contribution in [0.5, 0.6) is 5.75 Å². The Morgan fingerprint density at radius 3 is 2.52 bits per heavy atom. The second-order valence-electron chi connectivity index (χ2n) is 7.92. The Balaban J connectivity index is 1.91. The highest BCUT2D eigenvalue weighted by molar-refractivity contribution is 5.81. The van der Waals surface area contributed by atoms with Crippen molar-refractivity contribution in [3.8, 4) is 11.8 Å². The summed E-state index contributed by atoms with van der Waals surface area (Å²) in [5.74, 6) is 0.0311. The van der Waals surface area contributed by atoms with Crippen molar-refractivity contribution in [1.29, 1.82) is 5.26 Å². The summed E-state index contributed by atoms with van der Waals surface area (Å²) in [6.45, 7) is 5.67. The fourth-order valence-electron chi connectivity index (χ4n) is 2.66. The molecule has 7 nitrogen and oxygen atoms in total. The van der Waals surface area contributed by atoms with Crippen molar-refractivity contribution in [1.82, 2.24) is 5.32 Å². The zero-order valence-electron chi connectivity index (χ0n) is 18.1. The van der Waals surface area contributed by atoms with Gasteiger partial charge in [-0.3, -0.25) is 0 Å². The van der Waals surface area contributed by atoms with Gasteiger partial charge in [0.1, 0.15) is 24.0 Å². The fraction of sp³-hybridized carbons (Fsp3) is 0.375. The zero-order valence-corrected chi connectivity index (χ0v) is 18.1. The van der Waals surface area contributed by atoms with Gasteiger partial charge in [0.2, 0.25) is 0 Å². The molecule has 0 aromatic heterocycles. The van der Waals surface area contributed by atoms with Crippen LogP contribution in [0.3, 0.4) is 0 Å². The SMILES string of the molecule is CC(C)(C)OC(=O)NC(CCCOc1cccc(C#N)c1)C(=O)OCc1ccccc1. The molecule has 164 valence electrons. The van der Waals surface area contributed by atoms with Crippen molar-refractivity contribution in [2.75, 3.05) is 6.61 Å². The van der Waals surface area contributed by atoms with Gasteiger partial charge in [0.25, 0.3) is 0 Å². The molecule has 0 bridgehead atoms. The van der Waals surface area contributed by atoms with Crippen molar-refractivity contribution in [2.24, 2.45) is 0 Å². The molecular weight excluding hydrogens is 396 g/mol. The molecule has 0 heterocycles. The first-order valence-corrected chi connectivity index (χ1v) is 10.1. The van der Waals surface area contributed by atoms with Crippen LogP contribution in [0.1, 0.15) is 44.7 Å². The van der Waals surface area contributed by atoms with Gasteiger partial charge in [-0.15, -0.1) is 0 Å². The molecule has 1 atom stereocenters. The summed E-state index contributed by atoms with van der Waals surface area (Å²) in [6.07, 6.45) is 0.111. The minimum absolute atomic E-state index is 0.115. The molecule has 0 aliphatic carbocycles. The standard InChI is InChI=1S/C24H28N2O5/c1-24(2,3)31-23(28)26-21(22(27)30-17-18-9-5-4-6-10-18)13-8-14-29-20-12-7-11-19(15-20)16-25/h4-7,9-12,15,21H,8,13-14,17H2,1-3H3,(H,26,28). The van der Waals surface area contributed by atoms with E-state index in [1.54, 1.807) is 45.0 Å². The first-order chi connectivity index (χ1) is 14.8. The lowest BCUT2D eigenvalue weighted by Gasteiger charge is -2.23. The predicted octanol–water partition coefficient (Wildman–Crippen LogP) is 4.35. The number of nitrogens with zero attached hydrogens (tertiary/aromatic N) is 1. The second-order valence-corrected chi connectivity index (χ2v) is 7.92. The third-order valence-corrected chi connectivity index (χ3v) is 4.07. The summed E-state index contributed by atoms with van der Waals surface area (Å²) in [7, 11) is 0. The lowest BCUT2D eigenvalue weighted by atomic mass is 10.1. The number of carbonyl (C=O) groups excluding carboxylic acids is 2. The van der Waals surface area contributed by atoms with Crippen LogP contribution in [0.25, 0.3) is 0 Å². The molecule has 1 N–H and O–H groups in total. The van der Waals surface area contributed by atoms with Gasteiger partial charge in [0.05, 0.1) is 18.2 Å². The van der Waals surface area contributed by atoms with E-state index in [2.05, 4.69) is 11.4 Å². The molecular formula is C24H28N2O5. The molecule has 1 unspecified atom stereocenters. The predicted molar refractivity (Wildman–Crippen MR) is 115 cm³/mol. The molecule has 0 aliphatic heterocycles.